The van der Waals surface area contributed by atoms with Crippen LogP contribution in [0.3, 0.4) is 0 Å². The van der Waals surface area contributed by atoms with Crippen molar-refractivity contribution in [3.8, 4) is 0 Å². The highest BCUT2D eigenvalue weighted by Crippen LogP contribution is 2.26. The summed E-state index contributed by atoms with van der Waals surface area (Å²) >= 11 is 5.84. The number of furan rings is 1. The summed E-state index contributed by atoms with van der Waals surface area (Å²) in [5.74, 6) is 1.41. The molecule has 0 saturated heterocycles. The Kier molecular flexibility index (Phi) is 4.32. The molecule has 114 valence electrons. The van der Waals surface area contributed by atoms with E-state index in [1.54, 1.807) is 19.9 Å². The van der Waals surface area contributed by atoms with Crippen molar-refractivity contribution in [2.75, 3.05) is 5.73 Å². The third-order valence-electron chi connectivity index (χ3n) is 3.14. The number of nitrogen functional groups attached to an aromatic ring is 1. The molecule has 1 aromatic carbocycles. The van der Waals surface area contributed by atoms with Crippen LogP contribution in [0, 0.1) is 13.8 Å². The van der Waals surface area contributed by atoms with Crippen molar-refractivity contribution in [3.63, 3.8) is 0 Å². The Morgan fingerprint density at radius 1 is 1.29 bits per heavy atom. The highest BCUT2D eigenvalue weighted by Gasteiger charge is 2.23. The zero-order valence-corrected chi connectivity index (χ0v) is 13.5. The van der Waals surface area contributed by atoms with E-state index in [0.29, 0.717) is 10.8 Å². The van der Waals surface area contributed by atoms with Gasteiger partial charge in [0.05, 0.1) is 5.69 Å². The van der Waals surface area contributed by atoms with E-state index < -0.39 is 16.1 Å². The Hall–Kier alpha value is -1.50. The standard InChI is InChI=1S/C14H17ClN2O3S/c1-8-6-12(10(3)20-8)9(2)17-21(18,19)14-7-11(15)4-5-13(14)16/h4-7,9,17H,16H2,1-3H3. The molecule has 2 aromatic rings. The molecule has 21 heavy (non-hydrogen) atoms. The minimum Gasteiger partial charge on any atom is -0.466 e. The molecule has 0 amide bonds. The lowest BCUT2D eigenvalue weighted by Gasteiger charge is -2.15. The molecule has 2 rings (SSSR count). The maximum absolute atomic E-state index is 12.4. The maximum atomic E-state index is 12.4. The Morgan fingerprint density at radius 2 is 1.95 bits per heavy atom. The fourth-order valence-electron chi connectivity index (χ4n) is 2.18. The summed E-state index contributed by atoms with van der Waals surface area (Å²) in [6.07, 6.45) is 0. The van der Waals surface area contributed by atoms with Crippen molar-refractivity contribution in [1.82, 2.24) is 4.72 Å². The van der Waals surface area contributed by atoms with Gasteiger partial charge >= 0.3 is 0 Å². The smallest absolute Gasteiger partial charge is 0.243 e. The molecule has 0 spiro atoms. The molecular formula is C14H17ClN2O3S. The summed E-state index contributed by atoms with van der Waals surface area (Å²) in [5.41, 5.74) is 6.67. The van der Waals surface area contributed by atoms with Gasteiger partial charge in [-0.15, -0.1) is 0 Å². The summed E-state index contributed by atoms with van der Waals surface area (Å²) < 4.78 is 32.9. The molecule has 1 aromatic heterocycles. The van der Waals surface area contributed by atoms with Crippen molar-refractivity contribution in [2.45, 2.75) is 31.7 Å². The first-order valence-electron chi connectivity index (χ1n) is 6.35. The van der Waals surface area contributed by atoms with Crippen LogP contribution in [0.5, 0.6) is 0 Å². The predicted octanol–water partition coefficient (Wildman–Crippen LogP) is 3.17. The molecule has 1 unspecified atom stereocenters. The fraction of sp³-hybridized carbons (Fsp3) is 0.286. The van der Waals surface area contributed by atoms with E-state index in [1.165, 1.54) is 12.1 Å². The van der Waals surface area contributed by atoms with Crippen LogP contribution in [0.2, 0.25) is 5.02 Å². The molecule has 0 radical (unpaired) electrons. The largest absolute Gasteiger partial charge is 0.466 e. The second kappa shape index (κ2) is 5.71. The topological polar surface area (TPSA) is 85.3 Å². The van der Waals surface area contributed by atoms with Gasteiger partial charge in [0.2, 0.25) is 10.0 Å². The molecule has 0 saturated carbocycles. The van der Waals surface area contributed by atoms with Crippen LogP contribution in [0.4, 0.5) is 5.69 Å². The number of rotatable bonds is 4. The Morgan fingerprint density at radius 3 is 2.52 bits per heavy atom. The van der Waals surface area contributed by atoms with Crippen LogP contribution >= 0.6 is 11.6 Å². The van der Waals surface area contributed by atoms with Crippen molar-refractivity contribution in [3.05, 3.63) is 46.4 Å². The average molecular weight is 329 g/mol. The zero-order chi connectivity index (χ0) is 15.8. The number of anilines is 1. The highest BCUT2D eigenvalue weighted by molar-refractivity contribution is 7.89. The van der Waals surface area contributed by atoms with Crippen LogP contribution in [0.1, 0.15) is 30.0 Å². The second-order valence-corrected chi connectivity index (χ2v) is 7.01. The fourth-order valence-corrected chi connectivity index (χ4v) is 3.80. The number of hydrogen-bond acceptors (Lipinski definition) is 4. The molecule has 1 heterocycles. The van der Waals surface area contributed by atoms with E-state index >= 15 is 0 Å². The van der Waals surface area contributed by atoms with Gasteiger partial charge in [-0.25, -0.2) is 13.1 Å². The predicted molar refractivity (Wildman–Crippen MR) is 82.8 cm³/mol. The average Bonchev–Trinajstić information content (AvgIpc) is 2.71. The van der Waals surface area contributed by atoms with Gasteiger partial charge < -0.3 is 10.2 Å². The summed E-state index contributed by atoms with van der Waals surface area (Å²) in [5, 5.41) is 0.313. The molecule has 7 heteroatoms. The molecule has 0 aliphatic rings. The van der Waals surface area contributed by atoms with E-state index in [-0.39, 0.29) is 10.6 Å². The first-order valence-corrected chi connectivity index (χ1v) is 8.21. The summed E-state index contributed by atoms with van der Waals surface area (Å²) in [6, 6.07) is 5.71. The van der Waals surface area contributed by atoms with Crippen LogP contribution < -0.4 is 10.5 Å². The number of nitrogens with two attached hydrogens (primary N) is 1. The van der Waals surface area contributed by atoms with E-state index in [4.69, 9.17) is 21.8 Å². The van der Waals surface area contributed by atoms with Gasteiger partial charge in [0.25, 0.3) is 0 Å². The van der Waals surface area contributed by atoms with E-state index in [2.05, 4.69) is 4.72 Å². The summed E-state index contributed by atoms with van der Waals surface area (Å²) in [4.78, 5) is -0.0280. The Balaban J connectivity index is 2.33. The summed E-state index contributed by atoms with van der Waals surface area (Å²) in [6.45, 7) is 5.35. The van der Waals surface area contributed by atoms with Crippen LogP contribution in [-0.4, -0.2) is 8.42 Å². The molecule has 0 bridgehead atoms. The third-order valence-corrected chi connectivity index (χ3v) is 4.97. The SMILES string of the molecule is Cc1cc(C(C)NS(=O)(=O)c2cc(Cl)ccc2N)c(C)o1. The quantitative estimate of drug-likeness (QED) is 0.844. The molecular weight excluding hydrogens is 312 g/mol. The number of sulfonamides is 1. The van der Waals surface area contributed by atoms with Gasteiger partial charge in [-0.3, -0.25) is 0 Å². The lowest BCUT2D eigenvalue weighted by molar-refractivity contribution is 0.496. The normalized spacial score (nSPS) is 13.3. The number of halogens is 1. The molecule has 3 N–H and O–H groups in total. The van der Waals surface area contributed by atoms with Gasteiger partial charge in [0.1, 0.15) is 16.4 Å². The Bertz CT molecular complexity index is 769. The number of hydrogen-bond donors (Lipinski definition) is 2. The van der Waals surface area contributed by atoms with E-state index in [0.717, 1.165) is 11.3 Å². The molecule has 0 aliphatic carbocycles. The monoisotopic (exact) mass is 328 g/mol. The van der Waals surface area contributed by atoms with Gasteiger partial charge in [0.15, 0.2) is 0 Å². The third kappa shape index (κ3) is 3.40. The van der Waals surface area contributed by atoms with E-state index in [9.17, 15) is 8.42 Å². The van der Waals surface area contributed by atoms with Gasteiger partial charge in [0, 0.05) is 16.6 Å². The molecule has 0 aliphatic heterocycles. The van der Waals surface area contributed by atoms with Crippen LogP contribution in [0.15, 0.2) is 33.6 Å². The van der Waals surface area contributed by atoms with Gasteiger partial charge in [-0.1, -0.05) is 11.6 Å². The first kappa shape index (κ1) is 15.9. The van der Waals surface area contributed by atoms with Crippen LogP contribution in [-0.2, 0) is 10.0 Å². The lowest BCUT2D eigenvalue weighted by atomic mass is 10.1. The highest BCUT2D eigenvalue weighted by atomic mass is 35.5. The minimum absolute atomic E-state index is 0.0280. The Labute approximate surface area is 129 Å². The maximum Gasteiger partial charge on any atom is 0.243 e. The van der Waals surface area contributed by atoms with Gasteiger partial charge in [-0.2, -0.15) is 0 Å². The molecule has 1 atom stereocenters. The van der Waals surface area contributed by atoms with Gasteiger partial charge in [-0.05, 0) is 45.0 Å². The number of nitrogens with one attached hydrogen (secondary N) is 1. The zero-order valence-electron chi connectivity index (χ0n) is 12.0. The minimum atomic E-state index is -3.77. The molecule has 5 nitrogen and oxygen atoms in total. The number of aryl methyl sites for hydroxylation is 2. The van der Waals surface area contributed by atoms with Crippen molar-refractivity contribution < 1.29 is 12.8 Å². The second-order valence-electron chi connectivity index (χ2n) is 4.89. The molecule has 0 fully saturated rings. The van der Waals surface area contributed by atoms with E-state index in [1.807, 2.05) is 13.0 Å². The van der Waals surface area contributed by atoms with Crippen molar-refractivity contribution >= 4 is 27.3 Å². The first-order chi connectivity index (χ1) is 9.70. The van der Waals surface area contributed by atoms with Crippen LogP contribution in [0.25, 0.3) is 0 Å². The van der Waals surface area contributed by atoms with Crippen molar-refractivity contribution in [2.24, 2.45) is 0 Å². The lowest BCUT2D eigenvalue weighted by Crippen LogP contribution is -2.27. The summed E-state index contributed by atoms with van der Waals surface area (Å²) in [7, 11) is -3.77. The van der Waals surface area contributed by atoms with Crippen molar-refractivity contribution in [1.29, 1.82) is 0 Å². The number of benzene rings is 1.